The number of ether oxygens (including phenoxy) is 4. The summed E-state index contributed by atoms with van der Waals surface area (Å²) < 4.78 is 23.7. The second kappa shape index (κ2) is 10.8. The first-order valence-electron chi connectivity index (χ1n) is 11.2. The summed E-state index contributed by atoms with van der Waals surface area (Å²) in [7, 11) is 4.50. The van der Waals surface area contributed by atoms with Crippen molar-refractivity contribution in [3.8, 4) is 23.0 Å². The summed E-state index contributed by atoms with van der Waals surface area (Å²) in [6.45, 7) is 3.62. The maximum atomic E-state index is 13.8. The number of esters is 1. The van der Waals surface area contributed by atoms with Gasteiger partial charge in [-0.3, -0.25) is 9.36 Å². The number of carbonyl (C=O) groups is 1. The predicted molar refractivity (Wildman–Crippen MR) is 142 cm³/mol. The van der Waals surface area contributed by atoms with Gasteiger partial charge in [0.2, 0.25) is 0 Å². The van der Waals surface area contributed by atoms with Crippen LogP contribution in [0.4, 0.5) is 0 Å². The standard InChI is InChI=1S/C26H25BrN2O7S/c1-6-36-25(32)21-13(2)28-26-29(22(21)15-7-8-17(33-3)18(12-15)34-4)24(31)20(37-26)11-14-9-16(27)23(30)19(10-14)35-5/h7-12,22,30H,6H2,1-5H3/b20-11-. The number of nitrogens with zero attached hydrogens (tertiary/aromatic N) is 2. The van der Waals surface area contributed by atoms with Gasteiger partial charge in [0.1, 0.15) is 0 Å². The van der Waals surface area contributed by atoms with Gasteiger partial charge in [-0.05, 0) is 71.2 Å². The zero-order chi connectivity index (χ0) is 26.9. The highest BCUT2D eigenvalue weighted by atomic mass is 79.9. The third-order valence-corrected chi connectivity index (χ3v) is 7.40. The SMILES string of the molecule is CCOC(=O)C1=C(C)N=c2s/c(=C\c3cc(Br)c(O)c(OC)c3)c(=O)n2C1c1ccc(OC)c(OC)c1. The highest BCUT2D eigenvalue weighted by Crippen LogP contribution is 2.37. The fraction of sp³-hybridized carbons (Fsp3) is 0.269. The van der Waals surface area contributed by atoms with Crippen molar-refractivity contribution in [2.75, 3.05) is 27.9 Å². The fourth-order valence-corrected chi connectivity index (χ4v) is 5.62. The van der Waals surface area contributed by atoms with Crippen LogP contribution < -0.4 is 29.1 Å². The molecule has 11 heteroatoms. The number of aromatic nitrogens is 1. The number of thiazole rings is 1. The van der Waals surface area contributed by atoms with Crippen molar-refractivity contribution in [3.05, 3.63) is 76.9 Å². The molecule has 0 aliphatic carbocycles. The van der Waals surface area contributed by atoms with Gasteiger partial charge in [0.05, 0.1) is 54.3 Å². The zero-order valence-corrected chi connectivity index (χ0v) is 23.2. The van der Waals surface area contributed by atoms with Gasteiger partial charge < -0.3 is 24.1 Å². The molecule has 37 heavy (non-hydrogen) atoms. The van der Waals surface area contributed by atoms with E-state index >= 15 is 0 Å². The van der Waals surface area contributed by atoms with Crippen LogP contribution in [0.25, 0.3) is 6.08 Å². The van der Waals surface area contributed by atoms with E-state index in [9.17, 15) is 14.7 Å². The van der Waals surface area contributed by atoms with E-state index in [1.165, 1.54) is 37.2 Å². The molecule has 4 rings (SSSR count). The molecule has 2 heterocycles. The Kier molecular flexibility index (Phi) is 7.74. The van der Waals surface area contributed by atoms with E-state index in [0.717, 1.165) is 0 Å². The number of halogens is 1. The third-order valence-electron chi connectivity index (χ3n) is 5.81. The lowest BCUT2D eigenvalue weighted by Crippen LogP contribution is -2.40. The molecular weight excluding hydrogens is 564 g/mol. The first-order valence-corrected chi connectivity index (χ1v) is 12.8. The average molecular weight is 589 g/mol. The first kappa shape index (κ1) is 26.5. The van der Waals surface area contributed by atoms with Crippen molar-refractivity contribution in [3.63, 3.8) is 0 Å². The Labute approximate surface area is 225 Å². The van der Waals surface area contributed by atoms with Gasteiger partial charge in [-0.2, -0.15) is 0 Å². The number of hydrogen-bond acceptors (Lipinski definition) is 9. The lowest BCUT2D eigenvalue weighted by molar-refractivity contribution is -0.139. The van der Waals surface area contributed by atoms with E-state index in [1.54, 1.807) is 50.3 Å². The number of allylic oxidation sites excluding steroid dienone is 1. The monoisotopic (exact) mass is 588 g/mol. The Morgan fingerprint density at radius 3 is 2.49 bits per heavy atom. The largest absolute Gasteiger partial charge is 0.503 e. The molecule has 3 aromatic rings. The minimum Gasteiger partial charge on any atom is -0.503 e. The summed E-state index contributed by atoms with van der Waals surface area (Å²) in [6, 6.07) is 7.75. The van der Waals surface area contributed by atoms with Gasteiger partial charge in [-0.1, -0.05) is 17.4 Å². The van der Waals surface area contributed by atoms with Crippen molar-refractivity contribution in [1.29, 1.82) is 0 Å². The minimum atomic E-state index is -0.793. The van der Waals surface area contributed by atoms with Crippen LogP contribution in [0.5, 0.6) is 23.0 Å². The van der Waals surface area contributed by atoms with Gasteiger partial charge in [-0.15, -0.1) is 0 Å². The minimum absolute atomic E-state index is 0.0377. The molecule has 0 saturated carbocycles. The smallest absolute Gasteiger partial charge is 0.338 e. The van der Waals surface area contributed by atoms with Crippen molar-refractivity contribution >= 4 is 39.3 Å². The molecule has 0 spiro atoms. The number of rotatable bonds is 7. The van der Waals surface area contributed by atoms with E-state index in [4.69, 9.17) is 18.9 Å². The Morgan fingerprint density at radius 1 is 1.14 bits per heavy atom. The van der Waals surface area contributed by atoms with Crippen molar-refractivity contribution < 1.29 is 28.8 Å². The summed E-state index contributed by atoms with van der Waals surface area (Å²) >= 11 is 4.50. The molecule has 0 amide bonds. The van der Waals surface area contributed by atoms with Crippen LogP contribution in [0.2, 0.25) is 0 Å². The van der Waals surface area contributed by atoms with Crippen molar-refractivity contribution in [1.82, 2.24) is 4.57 Å². The van der Waals surface area contributed by atoms with Crippen LogP contribution in [0.3, 0.4) is 0 Å². The summed E-state index contributed by atoms with van der Waals surface area (Å²) in [4.78, 5) is 31.9. The number of benzene rings is 2. The number of phenolic OH excluding ortho intramolecular Hbond substituents is 1. The maximum absolute atomic E-state index is 13.8. The fourth-order valence-electron chi connectivity index (χ4n) is 4.11. The number of methoxy groups -OCH3 is 3. The van der Waals surface area contributed by atoms with E-state index in [1.807, 2.05) is 0 Å². The number of phenols is 1. The molecule has 0 fully saturated rings. The second-order valence-corrected chi connectivity index (χ2v) is 9.83. The van der Waals surface area contributed by atoms with E-state index < -0.39 is 12.0 Å². The van der Waals surface area contributed by atoms with Gasteiger partial charge >= 0.3 is 5.97 Å². The number of aromatic hydroxyl groups is 1. The average Bonchev–Trinajstić information content (AvgIpc) is 3.18. The molecule has 1 aliphatic rings. The maximum Gasteiger partial charge on any atom is 0.338 e. The van der Waals surface area contributed by atoms with Crippen LogP contribution in [0.15, 0.2) is 55.9 Å². The van der Waals surface area contributed by atoms with Crippen molar-refractivity contribution in [2.45, 2.75) is 19.9 Å². The van der Waals surface area contributed by atoms with Crippen LogP contribution >= 0.6 is 27.3 Å². The third kappa shape index (κ3) is 4.88. The number of hydrogen-bond donors (Lipinski definition) is 1. The predicted octanol–water partition coefficient (Wildman–Crippen LogP) is 3.29. The Bertz CT molecular complexity index is 1590. The van der Waals surface area contributed by atoms with Gasteiger partial charge in [-0.25, -0.2) is 9.79 Å². The second-order valence-electron chi connectivity index (χ2n) is 7.97. The number of carbonyl (C=O) groups excluding carboxylic acids is 1. The van der Waals surface area contributed by atoms with Gasteiger partial charge in [0, 0.05) is 0 Å². The molecule has 1 N–H and O–H groups in total. The summed E-state index contributed by atoms with van der Waals surface area (Å²) in [6.07, 6.45) is 1.69. The van der Waals surface area contributed by atoms with Crippen LogP contribution in [-0.4, -0.2) is 43.6 Å². The topological polar surface area (TPSA) is 109 Å². The normalized spacial score (nSPS) is 15.2. The first-order chi connectivity index (χ1) is 17.7. The summed E-state index contributed by atoms with van der Waals surface area (Å²) in [5, 5.41) is 10.1. The molecule has 1 unspecified atom stereocenters. The molecule has 0 bridgehead atoms. The molecule has 194 valence electrons. The molecular formula is C26H25BrN2O7S. The van der Waals surface area contributed by atoms with Crippen LogP contribution in [0, 0.1) is 0 Å². The zero-order valence-electron chi connectivity index (χ0n) is 20.8. The lowest BCUT2D eigenvalue weighted by Gasteiger charge is -2.25. The summed E-state index contributed by atoms with van der Waals surface area (Å²) in [5.41, 5.74) is 1.66. The van der Waals surface area contributed by atoms with Gasteiger partial charge in [0.25, 0.3) is 5.56 Å². The quantitative estimate of drug-likeness (QED) is 0.422. The molecule has 2 aromatic carbocycles. The highest BCUT2D eigenvalue weighted by Gasteiger charge is 2.34. The lowest BCUT2D eigenvalue weighted by atomic mass is 9.95. The van der Waals surface area contributed by atoms with Crippen molar-refractivity contribution in [2.24, 2.45) is 4.99 Å². The molecule has 9 nitrogen and oxygen atoms in total. The molecule has 1 aliphatic heterocycles. The molecule has 0 radical (unpaired) electrons. The van der Waals surface area contributed by atoms with Gasteiger partial charge in [0.15, 0.2) is 27.8 Å². The Hall–Kier alpha value is -3.57. The van der Waals surface area contributed by atoms with E-state index in [2.05, 4.69) is 20.9 Å². The Morgan fingerprint density at radius 2 is 1.84 bits per heavy atom. The molecule has 1 atom stereocenters. The van der Waals surface area contributed by atoms with Crippen LogP contribution in [0.1, 0.15) is 31.0 Å². The Balaban J connectivity index is 1.97. The summed E-state index contributed by atoms with van der Waals surface area (Å²) in [5.74, 6) is 0.649. The highest BCUT2D eigenvalue weighted by molar-refractivity contribution is 9.10. The number of fused-ring (bicyclic) bond motifs is 1. The molecule has 0 saturated heterocycles. The molecule has 1 aromatic heterocycles. The van der Waals surface area contributed by atoms with E-state index in [0.29, 0.717) is 42.1 Å². The van der Waals surface area contributed by atoms with E-state index in [-0.39, 0.29) is 29.2 Å². The van der Waals surface area contributed by atoms with Crippen LogP contribution in [-0.2, 0) is 9.53 Å².